The normalized spacial score (nSPS) is 13.4. The Hall–Kier alpha value is -2.41. The molecule has 0 aromatic heterocycles. The summed E-state index contributed by atoms with van der Waals surface area (Å²) in [6.07, 6.45) is 1.95. The van der Waals surface area contributed by atoms with E-state index in [1.165, 1.54) is 6.07 Å². The van der Waals surface area contributed by atoms with E-state index in [0.717, 1.165) is 18.4 Å². The first-order valence-corrected chi connectivity index (χ1v) is 7.95. The number of non-ortho nitro benzene ring substituents is 1. The Morgan fingerprint density at radius 1 is 1.17 bits per heavy atom. The second kappa shape index (κ2) is 6.37. The predicted molar refractivity (Wildman–Crippen MR) is 91.9 cm³/mol. The van der Waals surface area contributed by atoms with Crippen molar-refractivity contribution in [3.8, 4) is 0 Å². The molecule has 6 nitrogen and oxygen atoms in total. The van der Waals surface area contributed by atoms with Gasteiger partial charge in [-0.25, -0.2) is 4.79 Å². The Morgan fingerprint density at radius 3 is 2.48 bits per heavy atom. The van der Waals surface area contributed by atoms with Gasteiger partial charge in [-0.3, -0.25) is 10.1 Å². The number of nitro groups is 1. The molecule has 1 aliphatic carbocycles. The third-order valence-corrected chi connectivity index (χ3v) is 4.23. The van der Waals surface area contributed by atoms with Crippen LogP contribution in [0, 0.1) is 10.1 Å². The van der Waals surface area contributed by atoms with E-state index in [1.807, 2.05) is 18.2 Å². The van der Waals surface area contributed by atoms with Crippen LogP contribution in [0.3, 0.4) is 0 Å². The van der Waals surface area contributed by atoms with Crippen LogP contribution < -0.4 is 10.6 Å². The van der Waals surface area contributed by atoms with Crippen LogP contribution in [0.4, 0.5) is 21.9 Å². The molecule has 1 aliphatic rings. The van der Waals surface area contributed by atoms with E-state index in [4.69, 9.17) is 0 Å². The van der Waals surface area contributed by atoms with Crippen LogP contribution in [0.25, 0.3) is 0 Å². The first-order valence-electron chi connectivity index (χ1n) is 7.15. The van der Waals surface area contributed by atoms with Gasteiger partial charge in [-0.2, -0.15) is 0 Å². The highest BCUT2D eigenvalue weighted by Gasteiger charge is 2.30. The Morgan fingerprint density at radius 2 is 1.87 bits per heavy atom. The minimum Gasteiger partial charge on any atom is -0.308 e. The summed E-state index contributed by atoms with van der Waals surface area (Å²) in [5.41, 5.74) is 2.09. The maximum absolute atomic E-state index is 12.2. The summed E-state index contributed by atoms with van der Waals surface area (Å²) in [6.45, 7) is 0. The molecule has 118 valence electrons. The molecule has 0 bridgehead atoms. The van der Waals surface area contributed by atoms with Gasteiger partial charge in [-0.15, -0.1) is 0 Å². The molecule has 0 saturated heterocycles. The summed E-state index contributed by atoms with van der Waals surface area (Å²) in [5.74, 6) is 0.262. The number of para-hydroxylation sites is 1. The standard InChI is InChI=1S/C16H14BrN3O3/c17-14-9-12(20(22)23)8-13(10-6-7-10)15(14)19-16(21)18-11-4-2-1-3-5-11/h1-5,8-10H,6-7H2,(H2,18,19,21). The number of anilines is 2. The fourth-order valence-corrected chi connectivity index (χ4v) is 2.93. The van der Waals surface area contributed by atoms with Crippen LogP contribution in [0.5, 0.6) is 0 Å². The molecule has 0 atom stereocenters. The van der Waals surface area contributed by atoms with Crippen LogP contribution in [0.15, 0.2) is 46.9 Å². The van der Waals surface area contributed by atoms with Crippen LogP contribution in [-0.4, -0.2) is 11.0 Å². The largest absolute Gasteiger partial charge is 0.323 e. The molecule has 3 rings (SSSR count). The average Bonchev–Trinajstić information content (AvgIpc) is 3.34. The highest BCUT2D eigenvalue weighted by atomic mass is 79.9. The Labute approximate surface area is 141 Å². The molecule has 0 spiro atoms. The molecule has 23 heavy (non-hydrogen) atoms. The fraction of sp³-hybridized carbons (Fsp3) is 0.188. The van der Waals surface area contributed by atoms with Crippen LogP contribution in [0.1, 0.15) is 24.3 Å². The Balaban J connectivity index is 1.84. The number of urea groups is 1. The molecule has 7 heteroatoms. The molecule has 0 radical (unpaired) electrons. The van der Waals surface area contributed by atoms with Crippen molar-refractivity contribution in [3.05, 3.63) is 62.6 Å². The van der Waals surface area contributed by atoms with Gasteiger partial charge in [0, 0.05) is 22.3 Å². The second-order valence-corrected chi connectivity index (χ2v) is 6.22. The van der Waals surface area contributed by atoms with Gasteiger partial charge in [0.1, 0.15) is 0 Å². The number of carbonyl (C=O) groups excluding carboxylic acids is 1. The van der Waals surface area contributed by atoms with Crippen LogP contribution >= 0.6 is 15.9 Å². The minimum atomic E-state index is -0.426. The lowest BCUT2D eigenvalue weighted by atomic mass is 10.1. The summed E-state index contributed by atoms with van der Waals surface area (Å²) >= 11 is 3.33. The molecule has 2 amide bonds. The van der Waals surface area contributed by atoms with Crippen molar-refractivity contribution in [2.45, 2.75) is 18.8 Å². The van der Waals surface area contributed by atoms with Crippen molar-refractivity contribution >= 4 is 39.0 Å². The minimum absolute atomic E-state index is 0.0211. The molecule has 0 aliphatic heterocycles. The van der Waals surface area contributed by atoms with E-state index in [9.17, 15) is 14.9 Å². The summed E-state index contributed by atoms with van der Waals surface area (Å²) in [7, 11) is 0. The van der Waals surface area contributed by atoms with Crippen molar-refractivity contribution < 1.29 is 9.72 Å². The van der Waals surface area contributed by atoms with Gasteiger partial charge in [-0.05, 0) is 52.4 Å². The number of nitrogens with one attached hydrogen (secondary N) is 2. The number of halogens is 1. The van der Waals surface area contributed by atoms with Crippen LogP contribution in [0.2, 0.25) is 0 Å². The van der Waals surface area contributed by atoms with E-state index >= 15 is 0 Å². The SMILES string of the molecule is O=C(Nc1ccccc1)Nc1c(Br)cc([N+](=O)[O-])cc1C1CC1. The lowest BCUT2D eigenvalue weighted by molar-refractivity contribution is -0.385. The molecular weight excluding hydrogens is 362 g/mol. The van der Waals surface area contributed by atoms with E-state index in [0.29, 0.717) is 15.8 Å². The zero-order chi connectivity index (χ0) is 16.4. The third kappa shape index (κ3) is 3.68. The topological polar surface area (TPSA) is 84.3 Å². The Bertz CT molecular complexity index is 761. The van der Waals surface area contributed by atoms with Crippen molar-refractivity contribution in [1.29, 1.82) is 0 Å². The predicted octanol–water partition coefficient (Wildman–Crippen LogP) is 4.88. The molecule has 0 heterocycles. The molecule has 2 aromatic carbocycles. The number of hydrogen-bond acceptors (Lipinski definition) is 3. The van der Waals surface area contributed by atoms with Gasteiger partial charge in [-0.1, -0.05) is 18.2 Å². The first kappa shape index (κ1) is 15.5. The van der Waals surface area contributed by atoms with Gasteiger partial charge in [0.2, 0.25) is 0 Å². The number of amides is 2. The smallest absolute Gasteiger partial charge is 0.308 e. The molecule has 2 N–H and O–H groups in total. The van der Waals surface area contributed by atoms with Gasteiger partial charge in [0.05, 0.1) is 10.6 Å². The van der Waals surface area contributed by atoms with Crippen molar-refractivity contribution in [2.75, 3.05) is 10.6 Å². The van der Waals surface area contributed by atoms with Crippen molar-refractivity contribution in [2.24, 2.45) is 0 Å². The number of carbonyl (C=O) groups is 1. The van der Waals surface area contributed by atoms with E-state index in [1.54, 1.807) is 18.2 Å². The molecule has 1 fully saturated rings. The second-order valence-electron chi connectivity index (χ2n) is 5.37. The lowest BCUT2D eigenvalue weighted by Gasteiger charge is -2.13. The average molecular weight is 376 g/mol. The number of benzene rings is 2. The third-order valence-electron chi connectivity index (χ3n) is 3.60. The monoisotopic (exact) mass is 375 g/mol. The molecular formula is C16H14BrN3O3. The zero-order valence-corrected chi connectivity index (χ0v) is 13.7. The van der Waals surface area contributed by atoms with Crippen LogP contribution in [-0.2, 0) is 0 Å². The first-order chi connectivity index (χ1) is 11.0. The number of nitro benzene ring substituents is 1. The Kier molecular flexibility index (Phi) is 4.29. The van der Waals surface area contributed by atoms with Crippen molar-refractivity contribution in [3.63, 3.8) is 0 Å². The van der Waals surface area contributed by atoms with Gasteiger partial charge < -0.3 is 10.6 Å². The number of rotatable bonds is 4. The molecule has 0 unspecified atom stereocenters. The summed E-state index contributed by atoms with van der Waals surface area (Å²) in [5, 5.41) is 16.5. The van der Waals surface area contributed by atoms with Gasteiger partial charge in [0.15, 0.2) is 0 Å². The van der Waals surface area contributed by atoms with E-state index in [-0.39, 0.29) is 17.6 Å². The molecule has 1 saturated carbocycles. The summed E-state index contributed by atoms with van der Waals surface area (Å²) in [4.78, 5) is 22.8. The van der Waals surface area contributed by atoms with E-state index in [2.05, 4.69) is 26.6 Å². The van der Waals surface area contributed by atoms with Gasteiger partial charge >= 0.3 is 6.03 Å². The highest BCUT2D eigenvalue weighted by Crippen LogP contribution is 2.47. The fourth-order valence-electron chi connectivity index (χ4n) is 2.36. The number of hydrogen-bond donors (Lipinski definition) is 2. The molecule has 2 aromatic rings. The number of nitrogens with zero attached hydrogens (tertiary/aromatic N) is 1. The zero-order valence-electron chi connectivity index (χ0n) is 12.1. The van der Waals surface area contributed by atoms with Gasteiger partial charge in [0.25, 0.3) is 5.69 Å². The summed E-state index contributed by atoms with van der Waals surface area (Å²) in [6, 6.07) is 11.7. The highest BCUT2D eigenvalue weighted by molar-refractivity contribution is 9.10. The van der Waals surface area contributed by atoms with E-state index < -0.39 is 4.92 Å². The lowest BCUT2D eigenvalue weighted by Crippen LogP contribution is -2.20. The quantitative estimate of drug-likeness (QED) is 0.589. The summed E-state index contributed by atoms with van der Waals surface area (Å²) < 4.78 is 0.511. The maximum Gasteiger partial charge on any atom is 0.323 e. The van der Waals surface area contributed by atoms with Crippen molar-refractivity contribution in [1.82, 2.24) is 0 Å². The maximum atomic E-state index is 12.2.